The molecule has 0 saturated carbocycles. The lowest BCUT2D eigenvalue weighted by atomic mass is 9.92. The normalized spacial score (nSPS) is 13.3. The van der Waals surface area contributed by atoms with Crippen molar-refractivity contribution in [3.63, 3.8) is 0 Å². The molecule has 0 spiro atoms. The van der Waals surface area contributed by atoms with Crippen molar-refractivity contribution in [1.82, 2.24) is 0 Å². The summed E-state index contributed by atoms with van der Waals surface area (Å²) >= 11 is 3.32. The molecule has 2 aromatic rings. The van der Waals surface area contributed by atoms with E-state index >= 15 is 0 Å². The van der Waals surface area contributed by atoms with E-state index in [1.165, 1.54) is 12.1 Å². The van der Waals surface area contributed by atoms with Crippen LogP contribution in [0.5, 0.6) is 0 Å². The predicted octanol–water partition coefficient (Wildman–Crippen LogP) is 4.82. The molecule has 0 radical (unpaired) electrons. The minimum absolute atomic E-state index is 0.0844. The fraction of sp³-hybridized carbons (Fsp3) is 0.200. The Morgan fingerprint density at radius 1 is 1.05 bits per heavy atom. The van der Waals surface area contributed by atoms with Gasteiger partial charge in [-0.3, -0.25) is 0 Å². The van der Waals surface area contributed by atoms with Crippen molar-refractivity contribution >= 4 is 15.9 Å². The molecule has 0 aliphatic heterocycles. The summed E-state index contributed by atoms with van der Waals surface area (Å²) in [5.74, 6) is 0. The summed E-state index contributed by atoms with van der Waals surface area (Å²) in [7, 11) is 0. The molecule has 106 valence electrons. The van der Waals surface area contributed by atoms with Crippen molar-refractivity contribution in [1.29, 1.82) is 0 Å². The van der Waals surface area contributed by atoms with Gasteiger partial charge in [0.1, 0.15) is 0 Å². The van der Waals surface area contributed by atoms with Gasteiger partial charge in [-0.25, -0.2) is 0 Å². The van der Waals surface area contributed by atoms with Crippen LogP contribution in [0.1, 0.15) is 28.3 Å². The highest BCUT2D eigenvalue weighted by molar-refractivity contribution is 9.10. The van der Waals surface area contributed by atoms with Gasteiger partial charge < -0.3 is 5.73 Å². The van der Waals surface area contributed by atoms with Crippen molar-refractivity contribution in [2.24, 2.45) is 5.73 Å². The third-order valence-corrected chi connectivity index (χ3v) is 3.67. The van der Waals surface area contributed by atoms with Gasteiger partial charge in [-0.15, -0.1) is 0 Å². The number of alkyl halides is 3. The lowest BCUT2D eigenvalue weighted by Gasteiger charge is -2.20. The van der Waals surface area contributed by atoms with Crippen molar-refractivity contribution in [2.45, 2.75) is 19.1 Å². The van der Waals surface area contributed by atoms with E-state index in [9.17, 15) is 13.2 Å². The van der Waals surface area contributed by atoms with Gasteiger partial charge in [0.15, 0.2) is 0 Å². The van der Waals surface area contributed by atoms with E-state index in [0.29, 0.717) is 5.56 Å². The van der Waals surface area contributed by atoms with Crippen LogP contribution in [0, 0.1) is 6.92 Å². The molecule has 0 aromatic heterocycles. The van der Waals surface area contributed by atoms with Crippen LogP contribution in [0.25, 0.3) is 0 Å². The molecule has 0 amide bonds. The number of hydrogen-bond donors (Lipinski definition) is 1. The molecular formula is C15H13BrF3N. The first-order chi connectivity index (χ1) is 9.30. The Labute approximate surface area is 123 Å². The minimum atomic E-state index is -4.41. The Balaban J connectivity index is 2.54. The first-order valence-electron chi connectivity index (χ1n) is 5.98. The standard InChI is InChI=1S/C15H13BrF3N/c1-9-6-7-10(16)8-12(9)14(20)11-4-2-3-5-13(11)15(17,18)19/h2-8,14H,20H2,1H3. The second kappa shape index (κ2) is 5.58. The lowest BCUT2D eigenvalue weighted by molar-refractivity contribution is -0.138. The number of nitrogens with two attached hydrogens (primary N) is 1. The van der Waals surface area contributed by atoms with Gasteiger partial charge in [-0.1, -0.05) is 40.2 Å². The molecule has 0 saturated heterocycles. The van der Waals surface area contributed by atoms with E-state index in [-0.39, 0.29) is 5.56 Å². The van der Waals surface area contributed by atoms with Gasteiger partial charge in [-0.05, 0) is 41.8 Å². The Morgan fingerprint density at radius 3 is 2.35 bits per heavy atom. The molecule has 5 heteroatoms. The molecule has 1 nitrogen and oxygen atoms in total. The third kappa shape index (κ3) is 3.04. The van der Waals surface area contributed by atoms with E-state index in [2.05, 4.69) is 15.9 Å². The smallest absolute Gasteiger partial charge is 0.320 e. The average Bonchev–Trinajstić information content (AvgIpc) is 2.40. The first-order valence-corrected chi connectivity index (χ1v) is 6.77. The zero-order chi connectivity index (χ0) is 14.9. The van der Waals surface area contributed by atoms with E-state index in [4.69, 9.17) is 5.73 Å². The topological polar surface area (TPSA) is 26.0 Å². The molecule has 0 aliphatic rings. The maximum atomic E-state index is 13.0. The van der Waals surface area contributed by atoms with Crippen LogP contribution < -0.4 is 5.73 Å². The number of rotatable bonds is 2. The summed E-state index contributed by atoms with van der Waals surface area (Å²) in [6, 6.07) is 10.0. The Bertz CT molecular complexity index is 623. The van der Waals surface area contributed by atoms with Crippen LogP contribution in [0.4, 0.5) is 13.2 Å². The number of aryl methyl sites for hydroxylation is 1. The molecule has 2 N–H and O–H groups in total. The van der Waals surface area contributed by atoms with E-state index < -0.39 is 17.8 Å². The molecule has 0 fully saturated rings. The van der Waals surface area contributed by atoms with E-state index in [1.807, 2.05) is 19.1 Å². The summed E-state index contributed by atoms with van der Waals surface area (Å²) in [4.78, 5) is 0. The summed E-state index contributed by atoms with van der Waals surface area (Å²) in [5.41, 5.74) is 6.99. The van der Waals surface area contributed by atoms with Gasteiger partial charge in [0.05, 0.1) is 11.6 Å². The molecule has 0 bridgehead atoms. The van der Waals surface area contributed by atoms with Gasteiger partial charge in [0, 0.05) is 4.47 Å². The molecule has 2 rings (SSSR count). The third-order valence-electron chi connectivity index (χ3n) is 3.18. The van der Waals surface area contributed by atoms with Gasteiger partial charge >= 0.3 is 6.18 Å². The average molecular weight is 344 g/mol. The number of halogens is 4. The van der Waals surface area contributed by atoms with Crippen LogP contribution >= 0.6 is 15.9 Å². The Morgan fingerprint density at radius 2 is 1.70 bits per heavy atom. The minimum Gasteiger partial charge on any atom is -0.320 e. The molecule has 20 heavy (non-hydrogen) atoms. The summed E-state index contributed by atoms with van der Waals surface area (Å²) in [6.45, 7) is 1.83. The fourth-order valence-electron chi connectivity index (χ4n) is 2.14. The SMILES string of the molecule is Cc1ccc(Br)cc1C(N)c1ccccc1C(F)(F)F. The molecule has 0 aliphatic carbocycles. The molecule has 2 aromatic carbocycles. The molecule has 1 atom stereocenters. The van der Waals surface area contributed by atoms with Gasteiger partial charge in [0.25, 0.3) is 0 Å². The molecule has 0 heterocycles. The largest absolute Gasteiger partial charge is 0.416 e. The van der Waals surface area contributed by atoms with Crippen molar-refractivity contribution in [2.75, 3.05) is 0 Å². The second-order valence-electron chi connectivity index (χ2n) is 4.56. The highest BCUT2D eigenvalue weighted by atomic mass is 79.9. The Hall–Kier alpha value is -1.33. The van der Waals surface area contributed by atoms with Crippen LogP contribution in [0.15, 0.2) is 46.9 Å². The maximum absolute atomic E-state index is 13.0. The van der Waals surface area contributed by atoms with Gasteiger partial charge in [0.2, 0.25) is 0 Å². The van der Waals surface area contributed by atoms with Crippen LogP contribution in [0.3, 0.4) is 0 Å². The summed E-state index contributed by atoms with van der Waals surface area (Å²) in [5, 5.41) is 0. The highest BCUT2D eigenvalue weighted by Crippen LogP contribution is 2.36. The zero-order valence-electron chi connectivity index (χ0n) is 10.7. The van der Waals surface area contributed by atoms with Crippen molar-refractivity contribution in [3.05, 3.63) is 69.2 Å². The van der Waals surface area contributed by atoms with Gasteiger partial charge in [-0.2, -0.15) is 13.2 Å². The fourth-order valence-corrected chi connectivity index (χ4v) is 2.52. The number of hydrogen-bond acceptors (Lipinski definition) is 1. The lowest BCUT2D eigenvalue weighted by Crippen LogP contribution is -2.19. The van der Waals surface area contributed by atoms with Crippen LogP contribution in [-0.2, 0) is 6.18 Å². The zero-order valence-corrected chi connectivity index (χ0v) is 12.3. The Kier molecular flexibility index (Phi) is 4.20. The molecule has 1 unspecified atom stereocenters. The van der Waals surface area contributed by atoms with Crippen molar-refractivity contribution in [3.8, 4) is 0 Å². The van der Waals surface area contributed by atoms with Crippen LogP contribution in [-0.4, -0.2) is 0 Å². The van der Waals surface area contributed by atoms with Crippen LogP contribution in [0.2, 0.25) is 0 Å². The quantitative estimate of drug-likeness (QED) is 0.830. The summed E-state index contributed by atoms with van der Waals surface area (Å²) in [6.07, 6.45) is -4.41. The highest BCUT2D eigenvalue weighted by Gasteiger charge is 2.34. The monoisotopic (exact) mass is 343 g/mol. The predicted molar refractivity (Wildman–Crippen MR) is 76.4 cm³/mol. The van der Waals surface area contributed by atoms with E-state index in [0.717, 1.165) is 16.1 Å². The molecular weight excluding hydrogens is 331 g/mol. The maximum Gasteiger partial charge on any atom is 0.416 e. The summed E-state index contributed by atoms with van der Waals surface area (Å²) < 4.78 is 39.9. The van der Waals surface area contributed by atoms with E-state index in [1.54, 1.807) is 12.1 Å². The number of benzene rings is 2. The second-order valence-corrected chi connectivity index (χ2v) is 5.48. The van der Waals surface area contributed by atoms with Crippen molar-refractivity contribution < 1.29 is 13.2 Å². The first kappa shape index (κ1) is 15.1.